The van der Waals surface area contributed by atoms with Gasteiger partial charge in [0.05, 0.1) is 5.02 Å². The summed E-state index contributed by atoms with van der Waals surface area (Å²) >= 11 is 9.52. The molecule has 0 amide bonds. The number of nitrogens with zero attached hydrogens (tertiary/aromatic N) is 1. The van der Waals surface area contributed by atoms with Crippen molar-refractivity contribution in [3.05, 3.63) is 21.8 Å². The molecule has 2 aliphatic carbocycles. The summed E-state index contributed by atoms with van der Waals surface area (Å²) < 4.78 is 0.927. The summed E-state index contributed by atoms with van der Waals surface area (Å²) in [5, 5.41) is 4.21. The molecule has 1 aromatic heterocycles. The number of fused-ring (bicyclic) bond motifs is 2. The summed E-state index contributed by atoms with van der Waals surface area (Å²) in [6, 6.07) is 2.48. The normalized spacial score (nSPS) is 32.0. The summed E-state index contributed by atoms with van der Waals surface area (Å²) in [5.41, 5.74) is 0. The Bertz CT molecular complexity index is 410. The fourth-order valence-electron chi connectivity index (χ4n) is 3.12. The molecule has 2 nitrogen and oxygen atoms in total. The van der Waals surface area contributed by atoms with Crippen LogP contribution in [0.3, 0.4) is 0 Å². The van der Waals surface area contributed by atoms with E-state index in [2.05, 4.69) is 26.2 Å². The third-order valence-corrected chi connectivity index (χ3v) is 4.59. The van der Waals surface area contributed by atoms with Crippen molar-refractivity contribution in [3.8, 4) is 0 Å². The minimum Gasteiger partial charge on any atom is -0.366 e. The zero-order valence-corrected chi connectivity index (χ0v) is 11.3. The molecule has 4 heteroatoms. The molecular weight excluding hydrogens is 288 g/mol. The van der Waals surface area contributed by atoms with Gasteiger partial charge in [-0.25, -0.2) is 4.98 Å². The van der Waals surface area contributed by atoms with E-state index in [4.69, 9.17) is 11.6 Å². The SMILES string of the molecule is Clc1cc(Br)cnc1NC1CC2CCC1C2. The minimum atomic E-state index is 0.588. The Labute approximate surface area is 109 Å². The van der Waals surface area contributed by atoms with Crippen LogP contribution in [0.15, 0.2) is 16.7 Å². The average molecular weight is 302 g/mol. The minimum absolute atomic E-state index is 0.588. The fourth-order valence-corrected chi connectivity index (χ4v) is 3.80. The van der Waals surface area contributed by atoms with Crippen molar-refractivity contribution in [1.29, 1.82) is 0 Å². The second kappa shape index (κ2) is 4.19. The van der Waals surface area contributed by atoms with E-state index in [-0.39, 0.29) is 0 Å². The van der Waals surface area contributed by atoms with Crippen LogP contribution in [0.2, 0.25) is 5.02 Å². The summed E-state index contributed by atoms with van der Waals surface area (Å²) in [7, 11) is 0. The van der Waals surface area contributed by atoms with Crippen LogP contribution < -0.4 is 5.32 Å². The van der Waals surface area contributed by atoms with E-state index in [9.17, 15) is 0 Å². The number of nitrogens with one attached hydrogen (secondary N) is 1. The summed E-state index contributed by atoms with van der Waals surface area (Å²) in [4.78, 5) is 4.33. The first kappa shape index (κ1) is 10.8. The van der Waals surface area contributed by atoms with E-state index < -0.39 is 0 Å². The standard InChI is InChI=1S/C12H14BrClN2/c13-9-5-10(14)12(15-6-9)16-11-4-7-1-2-8(11)3-7/h5-8,11H,1-4H2,(H,15,16). The predicted molar refractivity (Wildman–Crippen MR) is 69.8 cm³/mol. The van der Waals surface area contributed by atoms with Gasteiger partial charge in [0.15, 0.2) is 0 Å². The van der Waals surface area contributed by atoms with E-state index in [1.165, 1.54) is 25.7 Å². The predicted octanol–water partition coefficient (Wildman–Crippen LogP) is 4.10. The van der Waals surface area contributed by atoms with Gasteiger partial charge in [-0.1, -0.05) is 18.0 Å². The highest BCUT2D eigenvalue weighted by atomic mass is 79.9. The Morgan fingerprint density at radius 3 is 2.88 bits per heavy atom. The monoisotopic (exact) mass is 300 g/mol. The number of rotatable bonds is 2. The molecule has 3 rings (SSSR count). The lowest BCUT2D eigenvalue weighted by atomic mass is 9.95. The number of hydrogen-bond donors (Lipinski definition) is 1. The highest BCUT2D eigenvalue weighted by molar-refractivity contribution is 9.10. The van der Waals surface area contributed by atoms with Crippen LogP contribution in [0.5, 0.6) is 0 Å². The lowest BCUT2D eigenvalue weighted by molar-refractivity contribution is 0.439. The maximum Gasteiger partial charge on any atom is 0.145 e. The summed E-state index contributed by atoms with van der Waals surface area (Å²) in [6.07, 6.45) is 7.27. The molecule has 0 spiro atoms. The van der Waals surface area contributed by atoms with Gasteiger partial charge in [-0.2, -0.15) is 0 Å². The molecule has 0 saturated heterocycles. The van der Waals surface area contributed by atoms with Crippen LogP contribution >= 0.6 is 27.5 Å². The topological polar surface area (TPSA) is 24.9 Å². The average Bonchev–Trinajstić information content (AvgIpc) is 2.84. The molecule has 1 N–H and O–H groups in total. The number of aromatic nitrogens is 1. The third kappa shape index (κ3) is 1.95. The van der Waals surface area contributed by atoms with E-state index in [0.717, 1.165) is 22.1 Å². The van der Waals surface area contributed by atoms with Crippen molar-refractivity contribution in [3.63, 3.8) is 0 Å². The Morgan fingerprint density at radius 2 is 2.25 bits per heavy atom. The molecule has 2 saturated carbocycles. The van der Waals surface area contributed by atoms with Crippen molar-refractivity contribution in [2.45, 2.75) is 31.7 Å². The van der Waals surface area contributed by atoms with E-state index >= 15 is 0 Å². The molecule has 0 aliphatic heterocycles. The van der Waals surface area contributed by atoms with Gasteiger partial charge in [-0.3, -0.25) is 0 Å². The van der Waals surface area contributed by atoms with E-state index in [0.29, 0.717) is 11.1 Å². The van der Waals surface area contributed by atoms with Crippen LogP contribution in [0, 0.1) is 11.8 Å². The van der Waals surface area contributed by atoms with E-state index in [1.807, 2.05) is 6.07 Å². The second-order valence-electron chi connectivity index (χ2n) is 4.91. The van der Waals surface area contributed by atoms with Crippen LogP contribution in [0.25, 0.3) is 0 Å². The maximum absolute atomic E-state index is 6.16. The van der Waals surface area contributed by atoms with Crippen molar-refractivity contribution >= 4 is 33.3 Å². The molecule has 16 heavy (non-hydrogen) atoms. The highest BCUT2D eigenvalue weighted by Gasteiger charge is 2.39. The Balaban J connectivity index is 1.74. The first-order valence-corrected chi connectivity index (χ1v) is 6.97. The molecule has 2 bridgehead atoms. The van der Waals surface area contributed by atoms with Gasteiger partial charge in [-0.15, -0.1) is 0 Å². The van der Waals surface area contributed by atoms with Crippen molar-refractivity contribution in [2.75, 3.05) is 5.32 Å². The first-order valence-electron chi connectivity index (χ1n) is 5.80. The zero-order valence-electron chi connectivity index (χ0n) is 8.92. The molecule has 1 heterocycles. The zero-order chi connectivity index (χ0) is 11.1. The Morgan fingerprint density at radius 1 is 1.38 bits per heavy atom. The number of halogens is 2. The second-order valence-corrected chi connectivity index (χ2v) is 6.23. The first-order chi connectivity index (χ1) is 7.72. The van der Waals surface area contributed by atoms with Gasteiger partial charge in [0, 0.05) is 16.7 Å². The largest absolute Gasteiger partial charge is 0.366 e. The molecule has 0 aromatic carbocycles. The lowest BCUT2D eigenvalue weighted by Crippen LogP contribution is -2.26. The third-order valence-electron chi connectivity index (χ3n) is 3.87. The van der Waals surface area contributed by atoms with Gasteiger partial charge >= 0.3 is 0 Å². The number of hydrogen-bond acceptors (Lipinski definition) is 2. The van der Waals surface area contributed by atoms with Gasteiger partial charge in [0.25, 0.3) is 0 Å². The molecule has 1 aromatic rings. The number of pyridine rings is 1. The maximum atomic E-state index is 6.16. The quantitative estimate of drug-likeness (QED) is 0.889. The fraction of sp³-hybridized carbons (Fsp3) is 0.583. The number of anilines is 1. The van der Waals surface area contributed by atoms with Crippen molar-refractivity contribution < 1.29 is 0 Å². The summed E-state index contributed by atoms with van der Waals surface area (Å²) in [6.45, 7) is 0. The van der Waals surface area contributed by atoms with E-state index in [1.54, 1.807) is 6.20 Å². The van der Waals surface area contributed by atoms with Gasteiger partial charge in [-0.05, 0) is 53.1 Å². The van der Waals surface area contributed by atoms with Crippen LogP contribution in [-0.2, 0) is 0 Å². The van der Waals surface area contributed by atoms with Crippen LogP contribution in [0.4, 0.5) is 5.82 Å². The Kier molecular flexibility index (Phi) is 2.84. The lowest BCUT2D eigenvalue weighted by Gasteiger charge is -2.23. The molecule has 86 valence electrons. The van der Waals surface area contributed by atoms with Gasteiger partial charge < -0.3 is 5.32 Å². The van der Waals surface area contributed by atoms with Crippen molar-refractivity contribution in [2.24, 2.45) is 11.8 Å². The molecule has 3 atom stereocenters. The molecule has 3 unspecified atom stereocenters. The molecule has 0 radical (unpaired) electrons. The molecule has 2 aliphatic rings. The molecule has 2 fully saturated rings. The van der Waals surface area contributed by atoms with Crippen molar-refractivity contribution in [1.82, 2.24) is 4.98 Å². The van der Waals surface area contributed by atoms with Gasteiger partial charge in [0.1, 0.15) is 5.82 Å². The van der Waals surface area contributed by atoms with Crippen LogP contribution in [-0.4, -0.2) is 11.0 Å². The van der Waals surface area contributed by atoms with Crippen LogP contribution in [0.1, 0.15) is 25.7 Å². The smallest absolute Gasteiger partial charge is 0.145 e. The molecular formula is C12H14BrClN2. The summed E-state index contributed by atoms with van der Waals surface area (Å²) in [5.74, 6) is 2.62. The highest BCUT2D eigenvalue weighted by Crippen LogP contribution is 2.45. The van der Waals surface area contributed by atoms with Gasteiger partial charge in [0.2, 0.25) is 0 Å². The Hall–Kier alpha value is -0.280.